The van der Waals surface area contributed by atoms with Crippen molar-refractivity contribution < 1.29 is 18.7 Å². The van der Waals surface area contributed by atoms with E-state index < -0.39 is 6.04 Å². The van der Waals surface area contributed by atoms with Crippen molar-refractivity contribution in [3.63, 3.8) is 0 Å². The van der Waals surface area contributed by atoms with Gasteiger partial charge in [0.15, 0.2) is 0 Å². The van der Waals surface area contributed by atoms with E-state index in [0.29, 0.717) is 50.4 Å². The molecule has 0 unspecified atom stereocenters. The summed E-state index contributed by atoms with van der Waals surface area (Å²) in [5.74, 6) is -0.572. The molecule has 1 atom stereocenters. The number of hydrogen-bond acceptors (Lipinski definition) is 3. The van der Waals surface area contributed by atoms with Gasteiger partial charge >= 0.3 is 0 Å². The molecule has 5 nitrogen and oxygen atoms in total. The molecular formula is C19H23FN2O3. The highest BCUT2D eigenvalue weighted by molar-refractivity contribution is 6.00. The van der Waals surface area contributed by atoms with Crippen LogP contribution in [0.2, 0.25) is 0 Å². The Labute approximate surface area is 147 Å². The monoisotopic (exact) mass is 346 g/mol. The van der Waals surface area contributed by atoms with E-state index in [1.807, 2.05) is 0 Å². The van der Waals surface area contributed by atoms with Crippen LogP contribution in [-0.2, 0) is 14.3 Å². The predicted molar refractivity (Wildman–Crippen MR) is 92.2 cm³/mol. The van der Waals surface area contributed by atoms with Crippen LogP contribution in [0.15, 0.2) is 29.8 Å². The molecule has 0 N–H and O–H groups in total. The molecule has 1 aromatic carbocycles. The number of halogens is 1. The summed E-state index contributed by atoms with van der Waals surface area (Å²) in [7, 11) is 0. The van der Waals surface area contributed by atoms with Crippen LogP contribution in [0.4, 0.5) is 4.39 Å². The first-order valence-electron chi connectivity index (χ1n) is 8.68. The second kappa shape index (κ2) is 7.78. The van der Waals surface area contributed by atoms with Gasteiger partial charge in [-0.05, 0) is 31.9 Å². The van der Waals surface area contributed by atoms with Gasteiger partial charge in [-0.15, -0.1) is 0 Å². The number of carbonyl (C=O) groups is 2. The number of likely N-dealkylation sites (tertiary alicyclic amines) is 1. The van der Waals surface area contributed by atoms with Crippen LogP contribution < -0.4 is 0 Å². The SMILES string of the molecule is C/C(=C\c1ccccc1F)C(=O)N1CCC[C@H]1C(=O)N1CCOCC1. The van der Waals surface area contributed by atoms with Gasteiger partial charge in [-0.2, -0.15) is 0 Å². The average Bonchev–Trinajstić information content (AvgIpc) is 3.12. The molecule has 134 valence electrons. The molecule has 0 bridgehead atoms. The smallest absolute Gasteiger partial charge is 0.250 e. The van der Waals surface area contributed by atoms with Crippen molar-refractivity contribution in [3.05, 3.63) is 41.2 Å². The summed E-state index contributed by atoms with van der Waals surface area (Å²) < 4.78 is 19.1. The Balaban J connectivity index is 1.74. The summed E-state index contributed by atoms with van der Waals surface area (Å²) in [6.07, 6.45) is 3.03. The third kappa shape index (κ3) is 3.90. The number of amides is 2. The van der Waals surface area contributed by atoms with Gasteiger partial charge in [0.2, 0.25) is 11.8 Å². The lowest BCUT2D eigenvalue weighted by Gasteiger charge is -2.32. The van der Waals surface area contributed by atoms with Gasteiger partial charge in [0.1, 0.15) is 11.9 Å². The summed E-state index contributed by atoms with van der Waals surface area (Å²) in [5, 5.41) is 0. The van der Waals surface area contributed by atoms with E-state index in [2.05, 4.69) is 0 Å². The van der Waals surface area contributed by atoms with Crippen molar-refractivity contribution in [2.24, 2.45) is 0 Å². The van der Waals surface area contributed by atoms with Gasteiger partial charge in [0.25, 0.3) is 0 Å². The van der Waals surface area contributed by atoms with Crippen LogP contribution in [0.25, 0.3) is 6.08 Å². The van der Waals surface area contributed by atoms with E-state index in [9.17, 15) is 14.0 Å². The second-order valence-electron chi connectivity index (χ2n) is 6.44. The third-order valence-electron chi connectivity index (χ3n) is 4.74. The Hall–Kier alpha value is -2.21. The molecule has 2 heterocycles. The number of rotatable bonds is 3. The number of benzene rings is 1. The van der Waals surface area contributed by atoms with Crippen LogP contribution in [0.3, 0.4) is 0 Å². The molecule has 0 saturated carbocycles. The number of hydrogen-bond donors (Lipinski definition) is 0. The van der Waals surface area contributed by atoms with Crippen molar-refractivity contribution in [1.29, 1.82) is 0 Å². The highest BCUT2D eigenvalue weighted by Gasteiger charge is 2.37. The maximum Gasteiger partial charge on any atom is 0.250 e. The standard InChI is InChI=1S/C19H23FN2O3/c1-14(13-15-5-2-3-6-16(15)20)18(23)22-8-4-7-17(22)19(24)21-9-11-25-12-10-21/h2-3,5-6,13,17H,4,7-12H2,1H3/b14-13+/t17-/m0/s1. The lowest BCUT2D eigenvalue weighted by Crippen LogP contribution is -2.51. The summed E-state index contributed by atoms with van der Waals surface area (Å²) >= 11 is 0. The number of ether oxygens (including phenoxy) is 1. The highest BCUT2D eigenvalue weighted by atomic mass is 19.1. The van der Waals surface area contributed by atoms with E-state index in [1.165, 1.54) is 6.07 Å². The van der Waals surface area contributed by atoms with Crippen LogP contribution in [0, 0.1) is 5.82 Å². The molecule has 25 heavy (non-hydrogen) atoms. The molecule has 2 aliphatic rings. The normalized spacial score (nSPS) is 21.5. The topological polar surface area (TPSA) is 49.9 Å². The number of nitrogens with zero attached hydrogens (tertiary/aromatic N) is 2. The molecule has 0 radical (unpaired) electrons. The zero-order chi connectivity index (χ0) is 17.8. The summed E-state index contributed by atoms with van der Waals surface area (Å²) in [6.45, 7) is 4.45. The molecule has 2 amide bonds. The molecular weight excluding hydrogens is 323 g/mol. The minimum Gasteiger partial charge on any atom is -0.378 e. The maximum absolute atomic E-state index is 13.8. The first-order chi connectivity index (χ1) is 12.1. The fourth-order valence-corrected chi connectivity index (χ4v) is 3.37. The second-order valence-corrected chi connectivity index (χ2v) is 6.44. The number of carbonyl (C=O) groups excluding carboxylic acids is 2. The average molecular weight is 346 g/mol. The first kappa shape index (κ1) is 17.6. The molecule has 0 aliphatic carbocycles. The third-order valence-corrected chi connectivity index (χ3v) is 4.74. The molecule has 2 aliphatic heterocycles. The lowest BCUT2D eigenvalue weighted by atomic mass is 10.1. The fourth-order valence-electron chi connectivity index (χ4n) is 3.37. The molecule has 3 rings (SSSR count). The molecule has 6 heteroatoms. The Kier molecular flexibility index (Phi) is 5.48. The number of morpholine rings is 1. The zero-order valence-corrected chi connectivity index (χ0v) is 14.4. The first-order valence-corrected chi connectivity index (χ1v) is 8.68. The Morgan fingerprint density at radius 1 is 1.20 bits per heavy atom. The van der Waals surface area contributed by atoms with Gasteiger partial charge < -0.3 is 14.5 Å². The molecule has 0 spiro atoms. The van der Waals surface area contributed by atoms with E-state index in [1.54, 1.807) is 41.0 Å². The van der Waals surface area contributed by atoms with Crippen molar-refractivity contribution >= 4 is 17.9 Å². The van der Waals surface area contributed by atoms with Gasteiger partial charge in [-0.25, -0.2) is 4.39 Å². The largest absolute Gasteiger partial charge is 0.378 e. The Morgan fingerprint density at radius 2 is 1.92 bits per heavy atom. The van der Waals surface area contributed by atoms with E-state index in [-0.39, 0.29) is 17.6 Å². The fraction of sp³-hybridized carbons (Fsp3) is 0.474. The van der Waals surface area contributed by atoms with Crippen LogP contribution >= 0.6 is 0 Å². The van der Waals surface area contributed by atoms with Crippen molar-refractivity contribution in [3.8, 4) is 0 Å². The van der Waals surface area contributed by atoms with E-state index >= 15 is 0 Å². The molecule has 1 aromatic rings. The lowest BCUT2D eigenvalue weighted by molar-refractivity contribution is -0.144. The quantitative estimate of drug-likeness (QED) is 0.788. The summed E-state index contributed by atoms with van der Waals surface area (Å²) in [5.41, 5.74) is 0.815. The van der Waals surface area contributed by atoms with Crippen LogP contribution in [-0.4, -0.2) is 60.5 Å². The minimum absolute atomic E-state index is 0.00663. The van der Waals surface area contributed by atoms with Crippen molar-refractivity contribution in [1.82, 2.24) is 9.80 Å². The van der Waals surface area contributed by atoms with Crippen LogP contribution in [0.1, 0.15) is 25.3 Å². The molecule has 2 saturated heterocycles. The predicted octanol–water partition coefficient (Wildman–Crippen LogP) is 2.08. The van der Waals surface area contributed by atoms with E-state index in [4.69, 9.17) is 4.74 Å². The summed E-state index contributed by atoms with van der Waals surface area (Å²) in [4.78, 5) is 28.9. The molecule has 2 fully saturated rings. The highest BCUT2D eigenvalue weighted by Crippen LogP contribution is 2.23. The van der Waals surface area contributed by atoms with Gasteiger partial charge in [-0.1, -0.05) is 18.2 Å². The van der Waals surface area contributed by atoms with Crippen molar-refractivity contribution in [2.45, 2.75) is 25.8 Å². The van der Waals surface area contributed by atoms with E-state index in [0.717, 1.165) is 6.42 Å². The maximum atomic E-state index is 13.8. The van der Waals surface area contributed by atoms with Crippen LogP contribution in [0.5, 0.6) is 0 Å². The zero-order valence-electron chi connectivity index (χ0n) is 14.4. The van der Waals surface area contributed by atoms with Gasteiger partial charge in [0, 0.05) is 30.8 Å². The van der Waals surface area contributed by atoms with Gasteiger partial charge in [-0.3, -0.25) is 9.59 Å². The Morgan fingerprint density at radius 3 is 2.64 bits per heavy atom. The Bertz CT molecular complexity index is 683. The van der Waals surface area contributed by atoms with Gasteiger partial charge in [0.05, 0.1) is 13.2 Å². The summed E-state index contributed by atoms with van der Waals surface area (Å²) in [6, 6.07) is 5.92. The van der Waals surface area contributed by atoms with Crippen molar-refractivity contribution in [2.75, 3.05) is 32.8 Å². The molecule has 0 aromatic heterocycles. The minimum atomic E-state index is -0.422.